The molecule has 1 fully saturated rings. The molecule has 1 saturated heterocycles. The highest BCUT2D eigenvalue weighted by Gasteiger charge is 2.35. The Bertz CT molecular complexity index is 927. The fourth-order valence-electron chi connectivity index (χ4n) is 3.41. The number of unbranched alkanes of at least 4 members (excludes halogenated alkanes) is 1. The van der Waals surface area contributed by atoms with Crippen LogP contribution < -0.4 is 5.32 Å². The largest absolute Gasteiger partial charge is 0.394 e. The molecule has 1 aliphatic rings. The van der Waals surface area contributed by atoms with Crippen molar-refractivity contribution in [1.82, 2.24) is 19.5 Å². The van der Waals surface area contributed by atoms with Gasteiger partial charge in [0.2, 0.25) is 5.95 Å². The summed E-state index contributed by atoms with van der Waals surface area (Å²) in [6.07, 6.45) is 5.40. The molecule has 28 heavy (non-hydrogen) atoms. The van der Waals surface area contributed by atoms with E-state index in [9.17, 15) is 10.2 Å². The Morgan fingerprint density at radius 3 is 2.79 bits per heavy atom. The second-order valence-corrected chi connectivity index (χ2v) is 7.09. The average molecular weight is 383 g/mol. The smallest absolute Gasteiger partial charge is 0.229 e. The van der Waals surface area contributed by atoms with Crippen molar-refractivity contribution < 1.29 is 14.9 Å². The van der Waals surface area contributed by atoms with Crippen molar-refractivity contribution >= 4 is 22.8 Å². The molecule has 0 aliphatic carbocycles. The number of hydrogen-bond donors (Lipinski definition) is 3. The monoisotopic (exact) mass is 383 g/mol. The topological polar surface area (TPSA) is 105 Å². The number of aliphatic hydroxyl groups excluding tert-OH is 2. The van der Waals surface area contributed by atoms with E-state index in [2.05, 4.69) is 39.3 Å². The van der Waals surface area contributed by atoms with Crippen molar-refractivity contribution in [2.45, 2.75) is 51.0 Å². The number of nitrogens with zero attached hydrogens (tertiary/aromatic N) is 4. The van der Waals surface area contributed by atoms with Gasteiger partial charge < -0.3 is 20.3 Å². The van der Waals surface area contributed by atoms with Crippen LogP contribution in [0.1, 0.15) is 38.0 Å². The number of hydrogen-bond acceptors (Lipinski definition) is 7. The second-order valence-electron chi connectivity index (χ2n) is 7.09. The molecular formula is C20H25N5O3. The third kappa shape index (κ3) is 3.84. The summed E-state index contributed by atoms with van der Waals surface area (Å²) in [5.41, 5.74) is 3.50. The number of anilines is 2. The highest BCUT2D eigenvalue weighted by atomic mass is 16.5. The summed E-state index contributed by atoms with van der Waals surface area (Å²) in [5.74, 6) is 0.466. The maximum Gasteiger partial charge on any atom is 0.229 e. The van der Waals surface area contributed by atoms with Gasteiger partial charge in [0.05, 0.1) is 25.2 Å². The lowest BCUT2D eigenvalue weighted by Crippen LogP contribution is -2.24. The minimum Gasteiger partial charge on any atom is -0.394 e. The number of rotatable bonds is 7. The number of aryl methyl sites for hydroxylation is 1. The predicted molar refractivity (Wildman–Crippen MR) is 105 cm³/mol. The van der Waals surface area contributed by atoms with Gasteiger partial charge in [-0.25, -0.2) is 9.97 Å². The summed E-state index contributed by atoms with van der Waals surface area (Å²) in [7, 11) is 0. The first-order valence-electron chi connectivity index (χ1n) is 9.68. The molecule has 8 heteroatoms. The molecule has 0 radical (unpaired) electrons. The number of aliphatic hydroxyl groups is 2. The third-order valence-corrected chi connectivity index (χ3v) is 5.04. The van der Waals surface area contributed by atoms with Crippen molar-refractivity contribution in [2.24, 2.45) is 0 Å². The number of benzene rings is 1. The standard InChI is InChI=1S/C20H25N5O3/c1-2-3-4-13-5-7-14(8-6-13)23-20-21-10-15-19(24-20)25(12-22-15)18-9-16(27)17(11-26)28-18/h5-8,10,12,16-18,26-27H,2-4,9,11H2,1H3,(H,21,23,24)/t16-,17+,18-/m0/s1. The van der Waals surface area contributed by atoms with Crippen molar-refractivity contribution in [3.8, 4) is 0 Å². The second kappa shape index (κ2) is 8.22. The molecule has 0 saturated carbocycles. The molecule has 148 valence electrons. The van der Waals surface area contributed by atoms with Crippen LogP contribution in [0.2, 0.25) is 0 Å². The SMILES string of the molecule is CCCCc1ccc(Nc2ncc3ncn([C@@H]4C[C@H](O)[C@@H](CO)O4)c3n2)cc1. The minimum atomic E-state index is -0.710. The van der Waals surface area contributed by atoms with E-state index in [1.807, 2.05) is 12.1 Å². The Hall–Kier alpha value is -2.55. The zero-order valence-corrected chi connectivity index (χ0v) is 15.8. The van der Waals surface area contributed by atoms with Crippen LogP contribution in [0.5, 0.6) is 0 Å². The Morgan fingerprint density at radius 2 is 2.07 bits per heavy atom. The van der Waals surface area contributed by atoms with Gasteiger partial charge in [0.1, 0.15) is 17.8 Å². The molecule has 0 bridgehead atoms. The van der Waals surface area contributed by atoms with Gasteiger partial charge in [0.25, 0.3) is 0 Å². The van der Waals surface area contributed by atoms with Crippen LogP contribution >= 0.6 is 0 Å². The van der Waals surface area contributed by atoms with Gasteiger partial charge in [-0.3, -0.25) is 4.57 Å². The Morgan fingerprint density at radius 1 is 1.25 bits per heavy atom. The first-order chi connectivity index (χ1) is 13.7. The van der Waals surface area contributed by atoms with Crippen LogP contribution in [0.15, 0.2) is 36.8 Å². The average Bonchev–Trinajstić information content (AvgIpc) is 3.30. The molecular weight excluding hydrogens is 358 g/mol. The fourth-order valence-corrected chi connectivity index (χ4v) is 3.41. The van der Waals surface area contributed by atoms with Crippen molar-refractivity contribution in [3.63, 3.8) is 0 Å². The summed E-state index contributed by atoms with van der Waals surface area (Å²) in [4.78, 5) is 13.2. The molecule has 3 N–H and O–H groups in total. The molecule has 3 aromatic rings. The van der Waals surface area contributed by atoms with E-state index in [-0.39, 0.29) is 6.61 Å². The highest BCUT2D eigenvalue weighted by molar-refractivity contribution is 5.72. The molecule has 1 aliphatic heterocycles. The van der Waals surface area contributed by atoms with Gasteiger partial charge in [-0.15, -0.1) is 0 Å². The van der Waals surface area contributed by atoms with E-state index in [0.717, 1.165) is 12.1 Å². The van der Waals surface area contributed by atoms with Gasteiger partial charge >= 0.3 is 0 Å². The van der Waals surface area contributed by atoms with E-state index in [0.29, 0.717) is 23.5 Å². The number of imidazole rings is 1. The van der Waals surface area contributed by atoms with Crippen molar-refractivity contribution in [1.29, 1.82) is 0 Å². The number of fused-ring (bicyclic) bond motifs is 1. The van der Waals surface area contributed by atoms with E-state index in [1.54, 1.807) is 17.1 Å². The first kappa shape index (κ1) is 18.8. The lowest BCUT2D eigenvalue weighted by atomic mass is 10.1. The zero-order chi connectivity index (χ0) is 19.5. The molecule has 3 heterocycles. The maximum atomic E-state index is 9.99. The lowest BCUT2D eigenvalue weighted by molar-refractivity contribution is -0.0432. The molecule has 4 rings (SSSR count). The zero-order valence-electron chi connectivity index (χ0n) is 15.8. The number of ether oxygens (including phenoxy) is 1. The van der Waals surface area contributed by atoms with Crippen molar-refractivity contribution in [3.05, 3.63) is 42.4 Å². The van der Waals surface area contributed by atoms with Gasteiger partial charge in [0, 0.05) is 12.1 Å². The third-order valence-electron chi connectivity index (χ3n) is 5.04. The molecule has 0 amide bonds. The summed E-state index contributed by atoms with van der Waals surface area (Å²) >= 11 is 0. The highest BCUT2D eigenvalue weighted by Crippen LogP contribution is 2.30. The quantitative estimate of drug-likeness (QED) is 0.576. The van der Waals surface area contributed by atoms with Gasteiger partial charge in [0.15, 0.2) is 5.65 Å². The Balaban J connectivity index is 1.53. The predicted octanol–water partition coefficient (Wildman–Crippen LogP) is 2.55. The summed E-state index contributed by atoms with van der Waals surface area (Å²) in [5, 5.41) is 22.5. The normalized spacial score (nSPS) is 22.0. The van der Waals surface area contributed by atoms with E-state index < -0.39 is 18.4 Å². The molecule has 1 aromatic carbocycles. The Kier molecular flexibility index (Phi) is 5.52. The lowest BCUT2D eigenvalue weighted by Gasteiger charge is -2.14. The van der Waals surface area contributed by atoms with Crippen LogP contribution in [0.25, 0.3) is 11.2 Å². The fraction of sp³-hybridized carbons (Fsp3) is 0.450. The summed E-state index contributed by atoms with van der Waals surface area (Å²) in [6, 6.07) is 8.28. The molecule has 3 atom stereocenters. The van der Waals surface area contributed by atoms with Gasteiger partial charge in [-0.05, 0) is 30.5 Å². The molecule has 2 aromatic heterocycles. The molecule has 0 unspecified atom stereocenters. The first-order valence-corrected chi connectivity index (χ1v) is 9.68. The van der Waals surface area contributed by atoms with Crippen LogP contribution in [0, 0.1) is 0 Å². The van der Waals surface area contributed by atoms with E-state index >= 15 is 0 Å². The van der Waals surface area contributed by atoms with E-state index in [1.165, 1.54) is 18.4 Å². The van der Waals surface area contributed by atoms with Crippen LogP contribution in [-0.2, 0) is 11.2 Å². The van der Waals surface area contributed by atoms with Crippen LogP contribution in [0.3, 0.4) is 0 Å². The van der Waals surface area contributed by atoms with Crippen molar-refractivity contribution in [2.75, 3.05) is 11.9 Å². The van der Waals surface area contributed by atoms with E-state index in [4.69, 9.17) is 4.74 Å². The minimum absolute atomic E-state index is 0.222. The summed E-state index contributed by atoms with van der Waals surface area (Å²) < 4.78 is 7.49. The Labute approximate surface area is 163 Å². The maximum absolute atomic E-state index is 9.99. The number of nitrogens with one attached hydrogen (secondary N) is 1. The van der Waals surface area contributed by atoms with Crippen LogP contribution in [0.4, 0.5) is 11.6 Å². The van der Waals surface area contributed by atoms with Gasteiger partial charge in [-0.2, -0.15) is 4.98 Å². The molecule has 8 nitrogen and oxygen atoms in total. The van der Waals surface area contributed by atoms with Gasteiger partial charge in [-0.1, -0.05) is 25.5 Å². The van der Waals surface area contributed by atoms with Crippen LogP contribution in [-0.4, -0.2) is 48.5 Å². The number of aromatic nitrogens is 4. The summed E-state index contributed by atoms with van der Waals surface area (Å²) in [6.45, 7) is 1.97. The molecule has 0 spiro atoms.